The highest BCUT2D eigenvalue weighted by molar-refractivity contribution is 5.48. The summed E-state index contributed by atoms with van der Waals surface area (Å²) in [6.07, 6.45) is 2.20. The predicted octanol–water partition coefficient (Wildman–Crippen LogP) is 2.52. The van der Waals surface area contributed by atoms with Gasteiger partial charge in [-0.05, 0) is 24.1 Å². The summed E-state index contributed by atoms with van der Waals surface area (Å²) in [6, 6.07) is 5.19. The SMILES string of the molecule is CCCCN(C)c1ccc(CN)cc1F. The van der Waals surface area contributed by atoms with Crippen molar-refractivity contribution in [2.75, 3.05) is 18.5 Å². The number of nitrogens with zero attached hydrogens (tertiary/aromatic N) is 1. The summed E-state index contributed by atoms with van der Waals surface area (Å²) in [6.45, 7) is 3.40. The lowest BCUT2D eigenvalue weighted by Crippen LogP contribution is -2.19. The molecule has 0 atom stereocenters. The molecule has 3 heteroatoms. The molecule has 0 aliphatic rings. The fourth-order valence-corrected chi connectivity index (χ4v) is 1.50. The highest BCUT2D eigenvalue weighted by Crippen LogP contribution is 2.19. The van der Waals surface area contributed by atoms with Gasteiger partial charge in [0.2, 0.25) is 0 Å². The van der Waals surface area contributed by atoms with Gasteiger partial charge in [0.1, 0.15) is 5.82 Å². The lowest BCUT2D eigenvalue weighted by Gasteiger charge is -2.19. The molecule has 0 bridgehead atoms. The second-order valence-corrected chi connectivity index (χ2v) is 3.76. The Bertz CT molecular complexity index is 312. The summed E-state index contributed by atoms with van der Waals surface area (Å²) in [5, 5.41) is 0. The molecule has 0 radical (unpaired) electrons. The van der Waals surface area contributed by atoms with Gasteiger partial charge in [0.05, 0.1) is 5.69 Å². The number of halogens is 1. The van der Waals surface area contributed by atoms with E-state index < -0.39 is 0 Å². The normalized spacial score (nSPS) is 10.4. The van der Waals surface area contributed by atoms with Crippen LogP contribution in [0, 0.1) is 5.82 Å². The first kappa shape index (κ1) is 12.0. The third kappa shape index (κ3) is 3.20. The maximum Gasteiger partial charge on any atom is 0.146 e. The Labute approximate surface area is 90.9 Å². The van der Waals surface area contributed by atoms with E-state index in [1.807, 2.05) is 18.0 Å². The van der Waals surface area contributed by atoms with Gasteiger partial charge in [-0.25, -0.2) is 4.39 Å². The van der Waals surface area contributed by atoms with Crippen LogP contribution >= 0.6 is 0 Å². The topological polar surface area (TPSA) is 29.3 Å². The minimum atomic E-state index is -0.184. The lowest BCUT2D eigenvalue weighted by atomic mass is 10.2. The second-order valence-electron chi connectivity index (χ2n) is 3.76. The quantitative estimate of drug-likeness (QED) is 0.809. The standard InChI is InChI=1S/C12H19FN2/c1-3-4-7-15(2)12-6-5-10(9-14)8-11(12)13/h5-6,8H,3-4,7,9,14H2,1-2H3. The molecule has 0 heterocycles. The Balaban J connectivity index is 2.76. The van der Waals surface area contributed by atoms with Crippen LogP contribution in [-0.4, -0.2) is 13.6 Å². The summed E-state index contributed by atoms with van der Waals surface area (Å²) in [5.41, 5.74) is 6.93. The van der Waals surface area contributed by atoms with Crippen molar-refractivity contribution in [3.63, 3.8) is 0 Å². The number of hydrogen-bond acceptors (Lipinski definition) is 2. The van der Waals surface area contributed by atoms with E-state index in [1.165, 1.54) is 6.07 Å². The van der Waals surface area contributed by atoms with Crippen molar-refractivity contribution in [2.45, 2.75) is 26.3 Å². The maximum absolute atomic E-state index is 13.6. The molecule has 0 amide bonds. The molecule has 1 aromatic carbocycles. The van der Waals surface area contributed by atoms with Gasteiger partial charge in [-0.2, -0.15) is 0 Å². The van der Waals surface area contributed by atoms with Gasteiger partial charge in [-0.3, -0.25) is 0 Å². The van der Waals surface area contributed by atoms with E-state index in [1.54, 1.807) is 6.07 Å². The van der Waals surface area contributed by atoms with E-state index in [4.69, 9.17) is 5.73 Å². The summed E-state index contributed by atoms with van der Waals surface area (Å²) in [7, 11) is 1.91. The molecule has 1 aromatic rings. The van der Waals surface area contributed by atoms with Crippen LogP contribution in [-0.2, 0) is 6.54 Å². The molecule has 0 saturated heterocycles. The predicted molar refractivity (Wildman–Crippen MR) is 62.5 cm³/mol. The summed E-state index contributed by atoms with van der Waals surface area (Å²) < 4.78 is 13.6. The van der Waals surface area contributed by atoms with Gasteiger partial charge < -0.3 is 10.6 Å². The number of anilines is 1. The van der Waals surface area contributed by atoms with Crippen LogP contribution < -0.4 is 10.6 Å². The van der Waals surface area contributed by atoms with Crippen LogP contribution in [0.25, 0.3) is 0 Å². The molecule has 0 spiro atoms. The Morgan fingerprint density at radius 1 is 1.40 bits per heavy atom. The zero-order valence-corrected chi connectivity index (χ0v) is 9.46. The van der Waals surface area contributed by atoms with Crippen molar-refractivity contribution in [1.82, 2.24) is 0 Å². The number of hydrogen-bond donors (Lipinski definition) is 1. The number of benzene rings is 1. The molecule has 2 nitrogen and oxygen atoms in total. The fraction of sp³-hybridized carbons (Fsp3) is 0.500. The van der Waals surface area contributed by atoms with Crippen LogP contribution in [0.1, 0.15) is 25.3 Å². The highest BCUT2D eigenvalue weighted by atomic mass is 19.1. The number of unbranched alkanes of at least 4 members (excludes halogenated alkanes) is 1. The smallest absolute Gasteiger partial charge is 0.146 e. The molecule has 15 heavy (non-hydrogen) atoms. The summed E-state index contributed by atoms with van der Waals surface area (Å²) in [4.78, 5) is 1.94. The van der Waals surface area contributed by atoms with E-state index in [0.29, 0.717) is 12.2 Å². The first-order valence-electron chi connectivity index (χ1n) is 5.38. The van der Waals surface area contributed by atoms with E-state index in [-0.39, 0.29) is 5.82 Å². The second kappa shape index (κ2) is 5.71. The van der Waals surface area contributed by atoms with Crippen molar-refractivity contribution in [1.29, 1.82) is 0 Å². The third-order valence-electron chi connectivity index (χ3n) is 2.51. The molecule has 1 rings (SSSR count). The van der Waals surface area contributed by atoms with Gasteiger partial charge in [-0.15, -0.1) is 0 Å². The molecule has 0 aliphatic carbocycles. The van der Waals surface area contributed by atoms with Gasteiger partial charge in [0, 0.05) is 20.1 Å². The first-order valence-corrected chi connectivity index (χ1v) is 5.38. The van der Waals surface area contributed by atoms with Crippen molar-refractivity contribution in [2.24, 2.45) is 5.73 Å². The Morgan fingerprint density at radius 3 is 2.67 bits per heavy atom. The summed E-state index contributed by atoms with van der Waals surface area (Å²) in [5.74, 6) is -0.184. The van der Waals surface area contributed by atoms with Crippen LogP contribution in [0.5, 0.6) is 0 Å². The van der Waals surface area contributed by atoms with Crippen molar-refractivity contribution >= 4 is 5.69 Å². The van der Waals surface area contributed by atoms with Crippen molar-refractivity contribution in [3.05, 3.63) is 29.6 Å². The number of nitrogens with two attached hydrogens (primary N) is 1. The highest BCUT2D eigenvalue weighted by Gasteiger charge is 2.07. The Kier molecular flexibility index (Phi) is 4.56. The molecule has 0 saturated carbocycles. The number of rotatable bonds is 5. The van der Waals surface area contributed by atoms with Gasteiger partial charge in [-0.1, -0.05) is 19.4 Å². The summed E-state index contributed by atoms with van der Waals surface area (Å²) >= 11 is 0. The molecular weight excluding hydrogens is 191 g/mol. The van der Waals surface area contributed by atoms with E-state index in [2.05, 4.69) is 6.92 Å². The molecular formula is C12H19FN2. The average Bonchev–Trinajstić information content (AvgIpc) is 2.25. The van der Waals surface area contributed by atoms with Crippen molar-refractivity contribution in [3.8, 4) is 0 Å². The van der Waals surface area contributed by atoms with Crippen molar-refractivity contribution < 1.29 is 4.39 Å². The van der Waals surface area contributed by atoms with E-state index in [9.17, 15) is 4.39 Å². The Morgan fingerprint density at radius 2 is 2.13 bits per heavy atom. The van der Waals surface area contributed by atoms with Crippen LogP contribution in [0.15, 0.2) is 18.2 Å². The van der Waals surface area contributed by atoms with Gasteiger partial charge in [0.25, 0.3) is 0 Å². The van der Waals surface area contributed by atoms with Gasteiger partial charge >= 0.3 is 0 Å². The molecule has 0 aliphatic heterocycles. The average molecular weight is 210 g/mol. The van der Waals surface area contributed by atoms with E-state index in [0.717, 1.165) is 24.9 Å². The minimum absolute atomic E-state index is 0.184. The maximum atomic E-state index is 13.6. The zero-order chi connectivity index (χ0) is 11.3. The van der Waals surface area contributed by atoms with E-state index >= 15 is 0 Å². The van der Waals surface area contributed by atoms with Crippen LogP contribution in [0.3, 0.4) is 0 Å². The monoisotopic (exact) mass is 210 g/mol. The third-order valence-corrected chi connectivity index (χ3v) is 2.51. The lowest BCUT2D eigenvalue weighted by molar-refractivity contribution is 0.617. The van der Waals surface area contributed by atoms with Crippen LogP contribution in [0.2, 0.25) is 0 Å². The first-order chi connectivity index (χ1) is 7.19. The molecule has 2 N–H and O–H groups in total. The largest absolute Gasteiger partial charge is 0.372 e. The molecule has 0 fully saturated rings. The minimum Gasteiger partial charge on any atom is -0.372 e. The van der Waals surface area contributed by atoms with Crippen LogP contribution in [0.4, 0.5) is 10.1 Å². The molecule has 0 unspecified atom stereocenters. The molecule has 84 valence electrons. The molecule has 0 aromatic heterocycles. The fourth-order valence-electron chi connectivity index (χ4n) is 1.50. The Hall–Kier alpha value is -1.09. The zero-order valence-electron chi connectivity index (χ0n) is 9.46. The van der Waals surface area contributed by atoms with Gasteiger partial charge in [0.15, 0.2) is 0 Å².